The minimum atomic E-state index is -0.621. The van der Waals surface area contributed by atoms with Crippen molar-refractivity contribution in [2.45, 2.75) is 33.1 Å². The Morgan fingerprint density at radius 2 is 0.951 bits per heavy atom. The highest BCUT2D eigenvalue weighted by Gasteiger charge is 2.25. The van der Waals surface area contributed by atoms with E-state index in [1.165, 1.54) is 48.5 Å². The first-order valence-corrected chi connectivity index (χ1v) is 12.5. The predicted octanol–water partition coefficient (Wildman–Crippen LogP) is 6.88. The average molecular weight is 555 g/mol. The van der Waals surface area contributed by atoms with Crippen molar-refractivity contribution in [2.24, 2.45) is 0 Å². The maximum absolute atomic E-state index is 12.6. The molecule has 0 aliphatic carbocycles. The number of carbonyl (C=O) groups excluding carboxylic acids is 2. The molecule has 41 heavy (non-hydrogen) atoms. The Morgan fingerprint density at radius 3 is 1.24 bits per heavy atom. The summed E-state index contributed by atoms with van der Waals surface area (Å²) in [6.07, 6.45) is 0. The van der Waals surface area contributed by atoms with Crippen LogP contribution in [0.5, 0.6) is 11.5 Å². The quantitative estimate of drug-likeness (QED) is 0.0993. The molecule has 0 aromatic heterocycles. The van der Waals surface area contributed by atoms with Gasteiger partial charge in [0.05, 0.1) is 21.0 Å². The first-order valence-electron chi connectivity index (χ1n) is 12.5. The number of hydrogen-bond acceptors (Lipinski definition) is 8. The number of nitro groups is 2. The van der Waals surface area contributed by atoms with Crippen molar-refractivity contribution >= 4 is 23.3 Å². The number of ether oxygens (including phenoxy) is 2. The van der Waals surface area contributed by atoms with Gasteiger partial charge >= 0.3 is 11.9 Å². The van der Waals surface area contributed by atoms with E-state index in [0.29, 0.717) is 11.5 Å². The van der Waals surface area contributed by atoms with Crippen molar-refractivity contribution in [2.75, 3.05) is 0 Å². The smallest absolute Gasteiger partial charge is 0.343 e. The van der Waals surface area contributed by atoms with E-state index < -0.39 is 27.2 Å². The molecule has 4 aromatic carbocycles. The topological polar surface area (TPSA) is 139 Å². The van der Waals surface area contributed by atoms with Crippen molar-refractivity contribution in [3.8, 4) is 11.5 Å². The summed E-state index contributed by atoms with van der Waals surface area (Å²) in [7, 11) is 0. The van der Waals surface area contributed by atoms with Crippen LogP contribution < -0.4 is 9.47 Å². The molecular formula is C31H26N2O8. The summed E-state index contributed by atoms with van der Waals surface area (Å²) in [6, 6.07) is 21.4. The van der Waals surface area contributed by atoms with Gasteiger partial charge in [0.15, 0.2) is 0 Å². The molecule has 0 unspecified atom stereocenters. The van der Waals surface area contributed by atoms with E-state index in [-0.39, 0.29) is 22.5 Å². The second-order valence-electron chi connectivity index (χ2n) is 9.97. The molecule has 0 saturated carbocycles. The summed E-state index contributed by atoms with van der Waals surface area (Å²) < 4.78 is 11.1. The number of nitro benzene ring substituents is 2. The summed E-state index contributed by atoms with van der Waals surface area (Å²) in [5.41, 5.74) is 3.09. The zero-order valence-electron chi connectivity index (χ0n) is 22.7. The van der Waals surface area contributed by atoms with E-state index in [1.54, 1.807) is 12.1 Å². The molecule has 0 amide bonds. The maximum Gasteiger partial charge on any atom is 0.343 e. The number of nitrogens with zero attached hydrogens (tertiary/aromatic N) is 2. The summed E-state index contributed by atoms with van der Waals surface area (Å²) >= 11 is 0. The third-order valence-corrected chi connectivity index (χ3v) is 6.83. The molecule has 0 atom stereocenters. The van der Waals surface area contributed by atoms with Gasteiger partial charge in [-0.3, -0.25) is 20.2 Å². The molecule has 208 valence electrons. The number of non-ortho nitro benzene ring substituents is 2. The number of rotatable bonds is 8. The molecule has 0 spiro atoms. The fourth-order valence-electron chi connectivity index (χ4n) is 4.23. The molecule has 0 bridgehead atoms. The number of benzene rings is 4. The maximum atomic E-state index is 12.6. The van der Waals surface area contributed by atoms with Crippen molar-refractivity contribution in [3.05, 3.63) is 139 Å². The Bertz CT molecular complexity index is 1540. The van der Waals surface area contributed by atoms with Crippen LogP contribution in [0.15, 0.2) is 84.9 Å². The van der Waals surface area contributed by atoms with E-state index in [2.05, 4.69) is 0 Å². The van der Waals surface area contributed by atoms with Crippen LogP contribution in [0.4, 0.5) is 11.4 Å². The standard InChI is InChI=1S/C31H26N2O8/c1-19-17-23(9-15-27(19)40-29(34)21-5-11-25(12-6-21)32(36)37)31(3,4)24-10-16-28(20(2)18-24)41-30(35)22-7-13-26(14-8-22)33(38)39/h5-18H,1-4H3. The van der Waals surface area contributed by atoms with Crippen molar-refractivity contribution in [3.63, 3.8) is 0 Å². The number of carbonyl (C=O) groups is 2. The molecule has 0 saturated heterocycles. The van der Waals surface area contributed by atoms with Gasteiger partial charge < -0.3 is 9.47 Å². The average Bonchev–Trinajstić information content (AvgIpc) is 2.95. The lowest BCUT2D eigenvalue weighted by Gasteiger charge is -2.27. The van der Waals surface area contributed by atoms with Crippen molar-refractivity contribution in [1.82, 2.24) is 0 Å². The highest BCUT2D eigenvalue weighted by atomic mass is 16.6. The Balaban J connectivity index is 1.48. The first kappa shape index (κ1) is 28.6. The second-order valence-corrected chi connectivity index (χ2v) is 9.97. The van der Waals surface area contributed by atoms with Gasteiger partial charge in [0, 0.05) is 29.7 Å². The SMILES string of the molecule is Cc1cc(C(C)(C)c2ccc(OC(=O)c3ccc([N+](=O)[O-])cc3)c(C)c2)ccc1OC(=O)c1ccc([N+](=O)[O-])cc1. The highest BCUT2D eigenvalue weighted by molar-refractivity contribution is 5.92. The number of esters is 2. The Hall–Kier alpha value is -5.38. The first-order chi connectivity index (χ1) is 19.4. The normalized spacial score (nSPS) is 11.0. The van der Waals surface area contributed by atoms with Gasteiger partial charge in [0.1, 0.15) is 11.5 Å². The highest BCUT2D eigenvalue weighted by Crippen LogP contribution is 2.36. The van der Waals surface area contributed by atoms with Gasteiger partial charge in [-0.2, -0.15) is 0 Å². The third kappa shape index (κ3) is 6.27. The van der Waals surface area contributed by atoms with Crippen LogP contribution in [0.3, 0.4) is 0 Å². The van der Waals surface area contributed by atoms with E-state index in [0.717, 1.165) is 22.3 Å². The lowest BCUT2D eigenvalue weighted by molar-refractivity contribution is -0.385. The molecule has 0 N–H and O–H groups in total. The van der Waals surface area contributed by atoms with Crippen LogP contribution in [0.1, 0.15) is 56.8 Å². The molecule has 0 fully saturated rings. The van der Waals surface area contributed by atoms with E-state index in [9.17, 15) is 29.8 Å². The van der Waals surface area contributed by atoms with Crippen LogP contribution in [-0.4, -0.2) is 21.8 Å². The zero-order valence-corrected chi connectivity index (χ0v) is 22.7. The van der Waals surface area contributed by atoms with Crippen LogP contribution in [-0.2, 0) is 5.41 Å². The van der Waals surface area contributed by atoms with E-state index >= 15 is 0 Å². The van der Waals surface area contributed by atoms with Crippen molar-refractivity contribution < 1.29 is 28.9 Å². The summed E-state index contributed by atoms with van der Waals surface area (Å²) in [4.78, 5) is 45.8. The summed E-state index contributed by atoms with van der Waals surface area (Å²) in [6.45, 7) is 7.73. The van der Waals surface area contributed by atoms with Crippen LogP contribution in [0.25, 0.3) is 0 Å². The minimum Gasteiger partial charge on any atom is -0.423 e. The van der Waals surface area contributed by atoms with Crippen LogP contribution >= 0.6 is 0 Å². The van der Waals surface area contributed by atoms with Gasteiger partial charge in [-0.25, -0.2) is 9.59 Å². The molecule has 0 aliphatic heterocycles. The molecule has 0 aliphatic rings. The second kappa shape index (κ2) is 11.4. The van der Waals surface area contributed by atoms with E-state index in [1.807, 2.05) is 52.0 Å². The number of hydrogen-bond donors (Lipinski definition) is 0. The van der Waals surface area contributed by atoms with Gasteiger partial charge in [-0.05, 0) is 72.5 Å². The lowest BCUT2D eigenvalue weighted by atomic mass is 9.77. The Labute approximate surface area is 235 Å². The molecule has 0 radical (unpaired) electrons. The van der Waals surface area contributed by atoms with Crippen LogP contribution in [0.2, 0.25) is 0 Å². The van der Waals surface area contributed by atoms with Gasteiger partial charge in [0.2, 0.25) is 0 Å². The van der Waals surface area contributed by atoms with Gasteiger partial charge in [-0.1, -0.05) is 38.1 Å². The summed E-state index contributed by atoms with van der Waals surface area (Å²) in [5, 5.41) is 21.7. The molecular weight excluding hydrogens is 528 g/mol. The predicted molar refractivity (Wildman–Crippen MR) is 151 cm³/mol. The van der Waals surface area contributed by atoms with Crippen molar-refractivity contribution in [1.29, 1.82) is 0 Å². The molecule has 10 nitrogen and oxygen atoms in total. The monoisotopic (exact) mass is 554 g/mol. The number of aryl methyl sites for hydroxylation is 2. The molecule has 4 rings (SSSR count). The molecule has 0 heterocycles. The zero-order chi connectivity index (χ0) is 29.9. The largest absolute Gasteiger partial charge is 0.423 e. The fourth-order valence-corrected chi connectivity index (χ4v) is 4.23. The van der Waals surface area contributed by atoms with E-state index in [4.69, 9.17) is 9.47 Å². The third-order valence-electron chi connectivity index (χ3n) is 6.83. The Morgan fingerprint density at radius 1 is 0.610 bits per heavy atom. The van der Waals surface area contributed by atoms with Gasteiger partial charge in [-0.15, -0.1) is 0 Å². The Kier molecular flexibility index (Phi) is 7.95. The summed E-state index contributed by atoms with van der Waals surface area (Å²) in [5.74, 6) is -0.496. The van der Waals surface area contributed by atoms with Crippen LogP contribution in [0, 0.1) is 34.1 Å². The van der Waals surface area contributed by atoms with Gasteiger partial charge in [0.25, 0.3) is 11.4 Å². The molecule has 4 aromatic rings. The minimum absolute atomic E-state index is 0.116. The lowest BCUT2D eigenvalue weighted by Crippen LogP contribution is -2.20. The fraction of sp³-hybridized carbons (Fsp3) is 0.161. The molecule has 10 heteroatoms.